The molecule has 5 N–H and O–H groups in total. The topological polar surface area (TPSA) is 177 Å². The van der Waals surface area contributed by atoms with E-state index >= 15 is 0 Å². The smallest absolute Gasteiger partial charge is 0.218 e. The third-order valence-corrected chi connectivity index (χ3v) is 4.66. The number of carbonyl (C=O) groups is 1. The Morgan fingerprint density at radius 2 is 1.93 bits per heavy atom. The number of nitrogens with one attached hydrogen (secondary N) is 1. The lowest BCUT2D eigenvalue weighted by molar-refractivity contribution is -0.300. The van der Waals surface area contributed by atoms with Crippen molar-refractivity contribution in [2.75, 3.05) is 19.8 Å². The van der Waals surface area contributed by atoms with E-state index in [-0.39, 0.29) is 19.1 Å². The molecule has 1 saturated heterocycles. The minimum Gasteiger partial charge on any atom is -0.394 e. The van der Waals surface area contributed by atoms with Crippen LogP contribution in [0, 0.1) is 0 Å². The number of carbonyl (C=O) groups excluding carboxylic acids is 1. The number of azide groups is 1. The molecular weight excluding hydrogens is 372 g/mol. The summed E-state index contributed by atoms with van der Waals surface area (Å²) in [7, 11) is 0. The fourth-order valence-corrected chi connectivity index (χ4v) is 2.97. The van der Waals surface area contributed by atoms with Crippen molar-refractivity contribution in [2.45, 2.75) is 82.2 Å². The second kappa shape index (κ2) is 13.8. The lowest BCUT2D eigenvalue weighted by atomic mass is 9.99. The Morgan fingerprint density at radius 3 is 2.61 bits per heavy atom. The van der Waals surface area contributed by atoms with Crippen molar-refractivity contribution in [3.63, 3.8) is 0 Å². The Hall–Kier alpha value is -1.30. The molecule has 0 saturated carbocycles. The van der Waals surface area contributed by atoms with Crippen LogP contribution < -0.4 is 5.32 Å². The second-order valence-electron chi connectivity index (χ2n) is 6.96. The zero-order valence-corrected chi connectivity index (χ0v) is 16.2. The van der Waals surface area contributed by atoms with E-state index in [2.05, 4.69) is 15.3 Å². The maximum absolute atomic E-state index is 11.0. The van der Waals surface area contributed by atoms with Gasteiger partial charge in [-0.15, -0.1) is 0 Å². The molecule has 11 heteroatoms. The summed E-state index contributed by atoms with van der Waals surface area (Å²) in [5.41, 5.74) is 8.13. The first-order valence-electron chi connectivity index (χ1n) is 9.64. The van der Waals surface area contributed by atoms with Crippen molar-refractivity contribution >= 4 is 5.91 Å². The maximum Gasteiger partial charge on any atom is 0.218 e. The molecule has 0 aromatic rings. The van der Waals surface area contributed by atoms with Crippen molar-refractivity contribution in [3.8, 4) is 0 Å². The number of hydrogen-bond donors (Lipinski definition) is 5. The van der Waals surface area contributed by atoms with Crippen LogP contribution in [-0.2, 0) is 14.3 Å². The lowest BCUT2D eigenvalue weighted by Crippen LogP contribution is -2.59. The number of hydrogen-bond acceptors (Lipinski definition) is 8. The summed E-state index contributed by atoms with van der Waals surface area (Å²) in [6.45, 7) is 2.30. The van der Waals surface area contributed by atoms with Gasteiger partial charge in [0, 0.05) is 23.9 Å². The monoisotopic (exact) mass is 404 g/mol. The summed E-state index contributed by atoms with van der Waals surface area (Å²) in [5.74, 6) is -0.420. The van der Waals surface area contributed by atoms with Crippen LogP contribution in [0.15, 0.2) is 5.11 Å². The Kier molecular flexibility index (Phi) is 12.2. The standard InChI is InChI=1S/C17H32N4O7/c1-11(6-4-2-3-5-7-13(23)20-21-18)19-8-9-27-17-16(26)15(25)14(24)12(10-22)28-17/h11-12,14-17,19,22,24-26H,2-10H2,1H3/t11?,12-,14+,15+,16-,17-/m1/s1. The number of aliphatic hydroxyl groups is 4. The Labute approximate surface area is 164 Å². The van der Waals surface area contributed by atoms with E-state index in [0.29, 0.717) is 13.0 Å². The van der Waals surface area contributed by atoms with Crippen LogP contribution in [0.4, 0.5) is 0 Å². The molecule has 0 aliphatic carbocycles. The average molecular weight is 404 g/mol. The van der Waals surface area contributed by atoms with Gasteiger partial charge >= 0.3 is 0 Å². The van der Waals surface area contributed by atoms with Gasteiger partial charge in [-0.05, 0) is 30.4 Å². The summed E-state index contributed by atoms with van der Waals surface area (Å²) >= 11 is 0. The molecule has 11 nitrogen and oxygen atoms in total. The van der Waals surface area contributed by atoms with Crippen LogP contribution in [0.5, 0.6) is 0 Å². The minimum atomic E-state index is -1.44. The molecule has 1 unspecified atom stereocenters. The largest absolute Gasteiger partial charge is 0.394 e. The zero-order chi connectivity index (χ0) is 20.9. The third-order valence-electron chi connectivity index (χ3n) is 4.66. The molecule has 1 aliphatic heterocycles. The summed E-state index contributed by atoms with van der Waals surface area (Å²) in [5, 5.41) is 44.7. The van der Waals surface area contributed by atoms with Crippen molar-refractivity contribution in [2.24, 2.45) is 5.11 Å². The second-order valence-corrected chi connectivity index (χ2v) is 6.96. The quantitative estimate of drug-likeness (QED) is 0.123. The average Bonchev–Trinajstić information content (AvgIpc) is 2.67. The first-order valence-corrected chi connectivity index (χ1v) is 9.64. The van der Waals surface area contributed by atoms with Crippen LogP contribution >= 0.6 is 0 Å². The number of aliphatic hydroxyl groups excluding tert-OH is 4. The molecule has 1 aliphatic rings. The molecule has 162 valence electrons. The van der Waals surface area contributed by atoms with Gasteiger partial charge in [-0.2, -0.15) is 0 Å². The molecule has 6 atom stereocenters. The van der Waals surface area contributed by atoms with Crippen molar-refractivity contribution in [1.29, 1.82) is 0 Å². The molecular formula is C17H32N4O7. The van der Waals surface area contributed by atoms with E-state index in [0.717, 1.165) is 25.7 Å². The highest BCUT2D eigenvalue weighted by Gasteiger charge is 2.43. The van der Waals surface area contributed by atoms with E-state index in [1.807, 2.05) is 6.92 Å². The summed E-state index contributed by atoms with van der Waals surface area (Å²) in [6, 6.07) is 0.253. The van der Waals surface area contributed by atoms with Crippen LogP contribution in [-0.4, -0.2) is 82.8 Å². The van der Waals surface area contributed by atoms with E-state index < -0.39 is 43.2 Å². The SMILES string of the molecule is CC(CCCCCCC(=O)N=[N+]=[N-])NCCO[C@@H]1O[C@H](CO)[C@H](O)[C@H](O)[C@H]1O. The van der Waals surface area contributed by atoms with Gasteiger partial charge in [-0.25, -0.2) is 0 Å². The molecule has 0 aromatic heterocycles. The Bertz CT molecular complexity index is 502. The van der Waals surface area contributed by atoms with E-state index in [9.17, 15) is 20.1 Å². The molecule has 1 amide bonds. The summed E-state index contributed by atoms with van der Waals surface area (Å²) < 4.78 is 10.7. The van der Waals surface area contributed by atoms with E-state index in [1.54, 1.807) is 0 Å². The number of ether oxygens (including phenoxy) is 2. The predicted molar refractivity (Wildman–Crippen MR) is 99.0 cm³/mol. The molecule has 1 heterocycles. The number of nitrogens with zero attached hydrogens (tertiary/aromatic N) is 3. The highest BCUT2D eigenvalue weighted by Crippen LogP contribution is 2.21. The van der Waals surface area contributed by atoms with Crippen LogP contribution in [0.25, 0.3) is 10.4 Å². The molecule has 0 aromatic carbocycles. The highest BCUT2D eigenvalue weighted by atomic mass is 16.7. The van der Waals surface area contributed by atoms with Crippen LogP contribution in [0.3, 0.4) is 0 Å². The van der Waals surface area contributed by atoms with Crippen LogP contribution in [0.2, 0.25) is 0 Å². The van der Waals surface area contributed by atoms with Gasteiger partial charge < -0.3 is 35.2 Å². The Balaban J connectivity index is 2.09. The van der Waals surface area contributed by atoms with Crippen LogP contribution in [0.1, 0.15) is 45.4 Å². The van der Waals surface area contributed by atoms with E-state index in [1.165, 1.54) is 0 Å². The first kappa shape index (κ1) is 24.7. The third kappa shape index (κ3) is 8.80. The van der Waals surface area contributed by atoms with Gasteiger partial charge in [0.15, 0.2) is 6.29 Å². The predicted octanol–water partition coefficient (Wildman–Crippen LogP) is -0.0415. The highest BCUT2D eigenvalue weighted by molar-refractivity contribution is 5.76. The minimum absolute atomic E-state index is 0.231. The number of amides is 1. The van der Waals surface area contributed by atoms with Gasteiger partial charge in [0.2, 0.25) is 5.91 Å². The number of rotatable bonds is 13. The molecule has 0 bridgehead atoms. The van der Waals surface area contributed by atoms with Gasteiger partial charge in [-0.1, -0.05) is 19.3 Å². The summed E-state index contributed by atoms with van der Waals surface area (Å²) in [4.78, 5) is 13.5. The van der Waals surface area contributed by atoms with Crippen molar-refractivity contribution in [1.82, 2.24) is 5.32 Å². The van der Waals surface area contributed by atoms with Crippen molar-refractivity contribution in [3.05, 3.63) is 10.4 Å². The molecule has 1 rings (SSSR count). The molecule has 0 spiro atoms. The van der Waals surface area contributed by atoms with Gasteiger partial charge in [0.05, 0.1) is 13.2 Å². The number of unbranched alkanes of at least 4 members (excludes halogenated alkanes) is 3. The fourth-order valence-electron chi connectivity index (χ4n) is 2.97. The molecule has 1 fully saturated rings. The molecule has 28 heavy (non-hydrogen) atoms. The lowest BCUT2D eigenvalue weighted by Gasteiger charge is -2.39. The van der Waals surface area contributed by atoms with E-state index in [4.69, 9.17) is 20.1 Å². The van der Waals surface area contributed by atoms with Gasteiger partial charge in [0.25, 0.3) is 0 Å². The van der Waals surface area contributed by atoms with Gasteiger partial charge in [0.1, 0.15) is 24.4 Å². The first-order chi connectivity index (χ1) is 13.4. The molecule has 0 radical (unpaired) electrons. The normalized spacial score (nSPS) is 28.5. The fraction of sp³-hybridized carbons (Fsp3) is 0.941. The Morgan fingerprint density at radius 1 is 1.21 bits per heavy atom. The maximum atomic E-state index is 11.0. The summed E-state index contributed by atoms with van der Waals surface area (Å²) in [6.07, 6.45) is -1.48. The van der Waals surface area contributed by atoms with Gasteiger partial charge in [-0.3, -0.25) is 4.79 Å². The zero-order valence-electron chi connectivity index (χ0n) is 16.2. The van der Waals surface area contributed by atoms with Crippen molar-refractivity contribution < 1.29 is 34.7 Å².